The number of alkyl halides is 12. The Labute approximate surface area is 226 Å². The number of hydrogen-bond donors (Lipinski definition) is 3. The molecule has 0 aromatic heterocycles. The molecule has 0 saturated heterocycles. The molecule has 1 atom stereocenters. The smallest absolute Gasteiger partial charge is 0.320 e. The van der Waals surface area contributed by atoms with E-state index in [1.165, 1.54) is 12.2 Å². The minimum absolute atomic E-state index is 0.0271. The van der Waals surface area contributed by atoms with Crippen molar-refractivity contribution in [1.29, 1.82) is 0 Å². The van der Waals surface area contributed by atoms with Crippen LogP contribution < -0.4 is 16.3 Å². The fraction of sp³-hybridized carbons (Fsp3) is 0.400. The molecular formula is C25H24F12N4. The van der Waals surface area contributed by atoms with Crippen molar-refractivity contribution in [1.82, 2.24) is 5.43 Å². The zero-order chi connectivity index (χ0) is 31.1. The van der Waals surface area contributed by atoms with Crippen LogP contribution in [0.15, 0.2) is 53.7 Å². The van der Waals surface area contributed by atoms with E-state index in [-0.39, 0.29) is 12.1 Å². The monoisotopic (exact) mass is 608 g/mol. The minimum Gasteiger partial charge on any atom is -0.320 e. The van der Waals surface area contributed by atoms with Gasteiger partial charge in [-0.1, -0.05) is 32.3 Å². The van der Waals surface area contributed by atoms with E-state index in [1.807, 2.05) is 12.3 Å². The largest absolute Gasteiger partial charge is 0.418 e. The van der Waals surface area contributed by atoms with E-state index >= 15 is 0 Å². The van der Waals surface area contributed by atoms with Crippen molar-refractivity contribution in [3.63, 3.8) is 0 Å². The first-order valence-electron chi connectivity index (χ1n) is 11.9. The Hall–Kier alpha value is -3.43. The highest BCUT2D eigenvalue weighted by molar-refractivity contribution is 5.72. The molecule has 3 N–H and O–H groups in total. The predicted octanol–water partition coefficient (Wildman–Crippen LogP) is 9.28. The molecule has 0 saturated carbocycles. The second-order valence-corrected chi connectivity index (χ2v) is 8.66. The fourth-order valence-corrected chi connectivity index (χ4v) is 3.45. The summed E-state index contributed by atoms with van der Waals surface area (Å²) in [7, 11) is 0. The maximum atomic E-state index is 13.4. The number of rotatable bonds is 11. The molecule has 0 fully saturated rings. The van der Waals surface area contributed by atoms with Gasteiger partial charge >= 0.3 is 24.7 Å². The number of unbranched alkanes of at least 4 members (excludes halogenated alkanes) is 2. The maximum absolute atomic E-state index is 13.4. The normalized spacial score (nSPS) is 14.2. The predicted molar refractivity (Wildman–Crippen MR) is 129 cm³/mol. The molecule has 228 valence electrons. The van der Waals surface area contributed by atoms with Crippen LogP contribution in [-0.4, -0.2) is 12.3 Å². The molecule has 0 amide bonds. The summed E-state index contributed by atoms with van der Waals surface area (Å²) in [5.74, 6) is 0. The van der Waals surface area contributed by atoms with Crippen molar-refractivity contribution < 1.29 is 52.7 Å². The molecule has 0 radical (unpaired) electrons. The summed E-state index contributed by atoms with van der Waals surface area (Å²) >= 11 is 0. The SMILES string of the molecule is CCCCCC(/C=C/C=N/Nc1ccc(C(F)(F)F)cc1C(F)(F)F)NNc1ccc(C(F)(F)F)cc1C(F)(F)F. The number of halogens is 12. The Morgan fingerprint density at radius 2 is 1.22 bits per heavy atom. The van der Waals surface area contributed by atoms with Crippen molar-refractivity contribution in [2.75, 3.05) is 10.9 Å². The second-order valence-electron chi connectivity index (χ2n) is 8.66. The Bertz CT molecular complexity index is 1200. The van der Waals surface area contributed by atoms with E-state index in [1.54, 1.807) is 0 Å². The number of hydrazone groups is 1. The zero-order valence-electron chi connectivity index (χ0n) is 21.1. The average Bonchev–Trinajstić information content (AvgIpc) is 2.84. The van der Waals surface area contributed by atoms with Crippen LogP contribution in [0.5, 0.6) is 0 Å². The number of nitrogens with one attached hydrogen (secondary N) is 3. The highest BCUT2D eigenvalue weighted by Gasteiger charge is 2.39. The lowest BCUT2D eigenvalue weighted by Crippen LogP contribution is -2.33. The first-order valence-corrected chi connectivity index (χ1v) is 11.9. The Kier molecular flexibility index (Phi) is 11.1. The van der Waals surface area contributed by atoms with Gasteiger partial charge in [0.25, 0.3) is 0 Å². The molecule has 0 aliphatic carbocycles. The van der Waals surface area contributed by atoms with Gasteiger partial charge in [0.05, 0.1) is 33.6 Å². The third kappa shape index (κ3) is 10.5. The van der Waals surface area contributed by atoms with Crippen LogP contribution in [0.1, 0.15) is 54.9 Å². The molecule has 4 nitrogen and oxygen atoms in total. The third-order valence-corrected chi connectivity index (χ3v) is 5.50. The van der Waals surface area contributed by atoms with Gasteiger partial charge in [-0.3, -0.25) is 5.43 Å². The molecule has 0 heterocycles. The number of anilines is 2. The van der Waals surface area contributed by atoms with Crippen LogP contribution in [0.25, 0.3) is 0 Å². The number of benzene rings is 2. The van der Waals surface area contributed by atoms with Crippen LogP contribution in [0.4, 0.5) is 64.1 Å². The van der Waals surface area contributed by atoms with Gasteiger partial charge in [0, 0.05) is 12.3 Å². The second kappa shape index (κ2) is 13.5. The highest BCUT2D eigenvalue weighted by Crippen LogP contribution is 2.40. The van der Waals surface area contributed by atoms with Gasteiger partial charge in [0.15, 0.2) is 0 Å². The molecule has 0 bridgehead atoms. The molecule has 0 aliphatic heterocycles. The molecule has 1 unspecified atom stereocenters. The summed E-state index contributed by atoms with van der Waals surface area (Å²) in [5, 5.41) is 3.53. The van der Waals surface area contributed by atoms with Gasteiger partial charge in [-0.2, -0.15) is 57.8 Å². The highest BCUT2D eigenvalue weighted by atomic mass is 19.4. The number of nitrogens with zero attached hydrogens (tertiary/aromatic N) is 1. The molecule has 0 aliphatic rings. The molecule has 16 heteroatoms. The molecule has 41 heavy (non-hydrogen) atoms. The minimum atomic E-state index is -5.12. The fourth-order valence-electron chi connectivity index (χ4n) is 3.45. The lowest BCUT2D eigenvalue weighted by molar-refractivity contribution is -0.144. The standard InChI is InChI=1S/C25H24F12N4/c1-2-3-4-6-17(39-41-21-11-9-16(23(29,30)31)14-19(21)25(35,36)37)7-5-12-38-40-20-10-8-15(22(26,27)28)13-18(20)24(32,33)34/h5,7-14,17,39-41H,2-4,6H2,1H3/b7-5+,38-12+. The third-order valence-electron chi connectivity index (χ3n) is 5.50. The topological polar surface area (TPSA) is 48.5 Å². The summed E-state index contributed by atoms with van der Waals surface area (Å²) in [6, 6.07) is 1.32. The lowest BCUT2D eigenvalue weighted by Gasteiger charge is -2.20. The first-order chi connectivity index (χ1) is 18.8. The number of allylic oxidation sites excluding steroid dienone is 1. The molecule has 2 aromatic rings. The van der Waals surface area contributed by atoms with Crippen LogP contribution in [0, 0.1) is 0 Å². The van der Waals surface area contributed by atoms with Gasteiger partial charge in [0.2, 0.25) is 0 Å². The van der Waals surface area contributed by atoms with E-state index in [4.69, 9.17) is 0 Å². The van der Waals surface area contributed by atoms with Gasteiger partial charge in [-0.05, 0) is 48.9 Å². The number of hydrazine groups is 1. The summed E-state index contributed by atoms with van der Waals surface area (Å²) < 4.78 is 157. The van der Waals surface area contributed by atoms with E-state index < -0.39 is 64.4 Å². The van der Waals surface area contributed by atoms with E-state index in [9.17, 15) is 52.7 Å². The van der Waals surface area contributed by atoms with Crippen molar-refractivity contribution in [3.05, 3.63) is 70.8 Å². The molecule has 2 rings (SSSR count). The van der Waals surface area contributed by atoms with Crippen molar-refractivity contribution in [2.24, 2.45) is 5.10 Å². The summed E-state index contributed by atoms with van der Waals surface area (Å²) in [4.78, 5) is 0. The maximum Gasteiger partial charge on any atom is 0.418 e. The van der Waals surface area contributed by atoms with Gasteiger partial charge in [-0.15, -0.1) is 0 Å². The quantitative estimate of drug-likeness (QED) is 0.103. The average molecular weight is 608 g/mol. The van der Waals surface area contributed by atoms with Gasteiger partial charge in [0.1, 0.15) is 0 Å². The Morgan fingerprint density at radius 3 is 1.71 bits per heavy atom. The Morgan fingerprint density at radius 1 is 0.707 bits per heavy atom. The van der Waals surface area contributed by atoms with Crippen LogP contribution >= 0.6 is 0 Å². The van der Waals surface area contributed by atoms with Gasteiger partial charge in [-0.25, -0.2) is 5.43 Å². The van der Waals surface area contributed by atoms with Crippen molar-refractivity contribution in [3.8, 4) is 0 Å². The van der Waals surface area contributed by atoms with Crippen molar-refractivity contribution >= 4 is 17.6 Å². The summed E-state index contributed by atoms with van der Waals surface area (Å²) in [6.07, 6.45) is -14.2. The Balaban J connectivity index is 2.19. The lowest BCUT2D eigenvalue weighted by atomic mass is 10.1. The van der Waals surface area contributed by atoms with Crippen LogP contribution in [0.3, 0.4) is 0 Å². The molecular weight excluding hydrogens is 584 g/mol. The molecule has 2 aromatic carbocycles. The summed E-state index contributed by atoms with van der Waals surface area (Å²) in [6.45, 7) is 1.89. The van der Waals surface area contributed by atoms with E-state index in [0.29, 0.717) is 37.1 Å². The zero-order valence-corrected chi connectivity index (χ0v) is 21.1. The molecule has 0 spiro atoms. The van der Waals surface area contributed by atoms with Crippen LogP contribution in [0.2, 0.25) is 0 Å². The van der Waals surface area contributed by atoms with Gasteiger partial charge < -0.3 is 5.43 Å². The van der Waals surface area contributed by atoms with E-state index in [0.717, 1.165) is 19.1 Å². The summed E-state index contributed by atoms with van der Waals surface area (Å²) in [5.41, 5.74) is -0.736. The van der Waals surface area contributed by atoms with Crippen molar-refractivity contribution in [2.45, 2.75) is 63.4 Å². The van der Waals surface area contributed by atoms with Crippen LogP contribution in [-0.2, 0) is 24.7 Å². The first kappa shape index (κ1) is 33.8. The van der Waals surface area contributed by atoms with E-state index in [2.05, 4.69) is 16.0 Å². The number of hydrogen-bond acceptors (Lipinski definition) is 4.